The summed E-state index contributed by atoms with van der Waals surface area (Å²) in [7, 11) is 0. The van der Waals surface area contributed by atoms with Crippen molar-refractivity contribution in [1.29, 1.82) is 0 Å². The van der Waals surface area contributed by atoms with Crippen molar-refractivity contribution in [2.75, 3.05) is 13.1 Å². The maximum Gasteiger partial charge on any atom is 0.0977 e. The molecule has 2 N–H and O–H groups in total. The van der Waals surface area contributed by atoms with Crippen LogP contribution in [-0.4, -0.2) is 33.0 Å². The summed E-state index contributed by atoms with van der Waals surface area (Å²) in [5.74, 6) is 0. The highest BCUT2D eigenvalue weighted by molar-refractivity contribution is 5.88. The molecular weight excluding hydrogens is 346 g/mol. The lowest BCUT2D eigenvalue weighted by Gasteiger charge is -2.14. The van der Waals surface area contributed by atoms with Crippen LogP contribution >= 0.6 is 0 Å². The lowest BCUT2D eigenvalue weighted by molar-refractivity contribution is 0.739. The van der Waals surface area contributed by atoms with E-state index in [-0.39, 0.29) is 0 Å². The molecule has 1 aliphatic heterocycles. The van der Waals surface area contributed by atoms with Crippen LogP contribution in [0.1, 0.15) is 17.7 Å². The van der Waals surface area contributed by atoms with Gasteiger partial charge in [0, 0.05) is 29.4 Å². The first-order valence-electron chi connectivity index (χ1n) is 9.56. The molecule has 4 aromatic rings. The Bertz CT molecular complexity index is 1190. The van der Waals surface area contributed by atoms with Gasteiger partial charge in [-0.05, 0) is 61.4 Å². The molecule has 0 fully saturated rings. The van der Waals surface area contributed by atoms with Gasteiger partial charge in [-0.3, -0.25) is 9.97 Å². The van der Waals surface area contributed by atoms with Crippen molar-refractivity contribution in [1.82, 2.24) is 25.3 Å². The van der Waals surface area contributed by atoms with E-state index in [0.717, 1.165) is 58.8 Å². The molecule has 0 radical (unpaired) electrons. The van der Waals surface area contributed by atoms with E-state index < -0.39 is 0 Å². The van der Waals surface area contributed by atoms with Gasteiger partial charge in [-0.25, -0.2) is 4.98 Å². The van der Waals surface area contributed by atoms with Gasteiger partial charge >= 0.3 is 0 Å². The van der Waals surface area contributed by atoms with E-state index in [1.165, 1.54) is 11.1 Å². The molecule has 0 saturated heterocycles. The molecule has 4 heterocycles. The fourth-order valence-electron chi connectivity index (χ4n) is 3.71. The largest absolute Gasteiger partial charge is 0.343 e. The SMILES string of the molecule is Cc1cccc(-c2[nH]cnc2-c2ccc3ncc(C4=CCCNC4)cc3c2)n1. The van der Waals surface area contributed by atoms with E-state index in [1.807, 2.05) is 31.3 Å². The van der Waals surface area contributed by atoms with Crippen LogP contribution in [0.15, 0.2) is 61.1 Å². The number of imidazole rings is 1. The van der Waals surface area contributed by atoms with E-state index >= 15 is 0 Å². The Morgan fingerprint density at radius 1 is 1.00 bits per heavy atom. The fourth-order valence-corrected chi connectivity index (χ4v) is 3.71. The molecular formula is C23H21N5. The summed E-state index contributed by atoms with van der Waals surface area (Å²) in [5.41, 5.74) is 8.27. The molecule has 0 saturated carbocycles. The summed E-state index contributed by atoms with van der Waals surface area (Å²) >= 11 is 0. The van der Waals surface area contributed by atoms with Gasteiger partial charge in [0.2, 0.25) is 0 Å². The Morgan fingerprint density at radius 2 is 1.93 bits per heavy atom. The molecule has 5 nitrogen and oxygen atoms in total. The normalized spacial score (nSPS) is 14.2. The summed E-state index contributed by atoms with van der Waals surface area (Å²) in [6.45, 7) is 3.94. The lowest BCUT2D eigenvalue weighted by Crippen LogP contribution is -2.21. The summed E-state index contributed by atoms with van der Waals surface area (Å²) in [4.78, 5) is 17.1. The molecule has 28 heavy (non-hydrogen) atoms. The molecule has 0 atom stereocenters. The minimum atomic E-state index is 0.898. The van der Waals surface area contributed by atoms with E-state index in [1.54, 1.807) is 6.33 Å². The number of pyridine rings is 2. The van der Waals surface area contributed by atoms with Crippen molar-refractivity contribution < 1.29 is 0 Å². The van der Waals surface area contributed by atoms with Gasteiger partial charge in [-0.1, -0.05) is 18.2 Å². The fraction of sp³-hybridized carbons (Fsp3) is 0.174. The second-order valence-electron chi connectivity index (χ2n) is 7.12. The van der Waals surface area contributed by atoms with Crippen LogP contribution in [0.3, 0.4) is 0 Å². The first-order chi connectivity index (χ1) is 13.8. The van der Waals surface area contributed by atoms with Crippen molar-refractivity contribution in [2.24, 2.45) is 0 Å². The maximum absolute atomic E-state index is 4.66. The van der Waals surface area contributed by atoms with Crippen LogP contribution in [0, 0.1) is 6.92 Å². The van der Waals surface area contributed by atoms with Gasteiger partial charge in [0.1, 0.15) is 0 Å². The third-order valence-electron chi connectivity index (χ3n) is 5.14. The first kappa shape index (κ1) is 16.8. The number of H-pyrrole nitrogens is 1. The van der Waals surface area contributed by atoms with Gasteiger partial charge in [-0.2, -0.15) is 0 Å². The highest BCUT2D eigenvalue weighted by atomic mass is 14.9. The summed E-state index contributed by atoms with van der Waals surface area (Å²) in [6.07, 6.45) is 7.06. The zero-order valence-electron chi connectivity index (χ0n) is 15.7. The number of nitrogens with zero attached hydrogens (tertiary/aromatic N) is 3. The van der Waals surface area contributed by atoms with Crippen LogP contribution in [0.5, 0.6) is 0 Å². The predicted molar refractivity (Wildman–Crippen MR) is 113 cm³/mol. The minimum Gasteiger partial charge on any atom is -0.343 e. The quantitative estimate of drug-likeness (QED) is 0.564. The number of rotatable bonds is 3. The van der Waals surface area contributed by atoms with E-state index in [4.69, 9.17) is 0 Å². The standard InChI is InChI=1S/C23H21N5/c1-15-4-2-6-21(28-15)23-22(26-14-27-23)16-7-8-20-18(10-16)11-19(13-25-20)17-5-3-9-24-12-17/h2,4-8,10-11,13-14,24H,3,9,12H2,1H3,(H,26,27). The Morgan fingerprint density at radius 3 is 2.79 bits per heavy atom. The lowest BCUT2D eigenvalue weighted by atomic mass is 10.0. The Labute approximate surface area is 163 Å². The number of benzene rings is 1. The molecule has 138 valence electrons. The van der Waals surface area contributed by atoms with E-state index in [9.17, 15) is 0 Å². The molecule has 1 aliphatic rings. The Balaban J connectivity index is 1.59. The van der Waals surface area contributed by atoms with E-state index in [0.29, 0.717) is 0 Å². The molecule has 5 heteroatoms. The molecule has 5 rings (SSSR count). The number of fused-ring (bicyclic) bond motifs is 1. The first-order valence-corrected chi connectivity index (χ1v) is 9.56. The van der Waals surface area contributed by atoms with Crippen LogP contribution in [0.25, 0.3) is 39.1 Å². The monoisotopic (exact) mass is 367 g/mol. The summed E-state index contributed by atoms with van der Waals surface area (Å²) in [5, 5.41) is 4.55. The van der Waals surface area contributed by atoms with Crippen molar-refractivity contribution in [3.05, 3.63) is 72.3 Å². The second-order valence-corrected chi connectivity index (χ2v) is 7.12. The van der Waals surface area contributed by atoms with Gasteiger partial charge in [0.25, 0.3) is 0 Å². The number of aromatic nitrogens is 4. The molecule has 0 aliphatic carbocycles. The van der Waals surface area contributed by atoms with Crippen molar-refractivity contribution in [3.8, 4) is 22.6 Å². The maximum atomic E-state index is 4.66. The molecule has 3 aromatic heterocycles. The highest BCUT2D eigenvalue weighted by Crippen LogP contribution is 2.30. The minimum absolute atomic E-state index is 0.898. The number of aromatic amines is 1. The van der Waals surface area contributed by atoms with Gasteiger partial charge < -0.3 is 10.3 Å². The number of hydrogen-bond donors (Lipinski definition) is 2. The van der Waals surface area contributed by atoms with Crippen LogP contribution in [0.2, 0.25) is 0 Å². The summed E-state index contributed by atoms with van der Waals surface area (Å²) in [6, 6.07) is 14.5. The molecule has 0 spiro atoms. The molecule has 0 bridgehead atoms. The molecule has 1 aromatic carbocycles. The van der Waals surface area contributed by atoms with E-state index in [2.05, 4.69) is 55.6 Å². The third-order valence-corrected chi connectivity index (χ3v) is 5.14. The topological polar surface area (TPSA) is 66.5 Å². The van der Waals surface area contributed by atoms with Crippen LogP contribution < -0.4 is 5.32 Å². The molecule has 0 unspecified atom stereocenters. The van der Waals surface area contributed by atoms with Crippen LogP contribution in [0.4, 0.5) is 0 Å². The zero-order chi connectivity index (χ0) is 18.9. The number of hydrogen-bond acceptors (Lipinski definition) is 4. The van der Waals surface area contributed by atoms with Crippen molar-refractivity contribution >= 4 is 16.5 Å². The van der Waals surface area contributed by atoms with Crippen molar-refractivity contribution in [3.63, 3.8) is 0 Å². The predicted octanol–water partition coefficient (Wildman–Crippen LogP) is 4.37. The molecule has 0 amide bonds. The number of nitrogens with one attached hydrogen (secondary N) is 2. The highest BCUT2D eigenvalue weighted by Gasteiger charge is 2.13. The van der Waals surface area contributed by atoms with Gasteiger partial charge in [0.15, 0.2) is 0 Å². The Kier molecular flexibility index (Phi) is 4.22. The summed E-state index contributed by atoms with van der Waals surface area (Å²) < 4.78 is 0. The Hall–Kier alpha value is -3.31. The smallest absolute Gasteiger partial charge is 0.0977 e. The van der Waals surface area contributed by atoms with Crippen LogP contribution in [-0.2, 0) is 0 Å². The van der Waals surface area contributed by atoms with Gasteiger partial charge in [0.05, 0.1) is 28.9 Å². The average molecular weight is 367 g/mol. The van der Waals surface area contributed by atoms with Crippen molar-refractivity contribution in [2.45, 2.75) is 13.3 Å². The third kappa shape index (κ3) is 3.10. The van der Waals surface area contributed by atoms with Gasteiger partial charge in [-0.15, -0.1) is 0 Å². The number of aryl methyl sites for hydroxylation is 1. The zero-order valence-corrected chi connectivity index (χ0v) is 15.7. The second kappa shape index (κ2) is 7.02. The average Bonchev–Trinajstić information content (AvgIpc) is 3.23.